The summed E-state index contributed by atoms with van der Waals surface area (Å²) < 4.78 is 145. The minimum atomic E-state index is -5.42. The summed E-state index contributed by atoms with van der Waals surface area (Å²) in [5, 5.41) is 106. The molecule has 82 heavy (non-hydrogen) atoms. The summed E-state index contributed by atoms with van der Waals surface area (Å²) in [6.07, 6.45) is -11.6. The zero-order valence-corrected chi connectivity index (χ0v) is 56.6. The number of rotatable bonds is 30. The molecule has 2 heterocycles. The van der Waals surface area contributed by atoms with Crippen molar-refractivity contribution in [2.24, 2.45) is 0 Å². The molecule has 2 aromatic carbocycles. The molecule has 0 saturated heterocycles. The minimum absolute atomic E-state index is 0. The Hall–Kier alpha value is -1.76. The van der Waals surface area contributed by atoms with E-state index in [1.54, 1.807) is 0 Å². The van der Waals surface area contributed by atoms with Gasteiger partial charge in [-0.3, -0.25) is 0 Å². The van der Waals surface area contributed by atoms with Crippen molar-refractivity contribution in [3.05, 3.63) is 47.5 Å². The van der Waals surface area contributed by atoms with Gasteiger partial charge in [-0.1, -0.05) is 24.3 Å². The number of benzene rings is 2. The summed E-state index contributed by atoms with van der Waals surface area (Å²) in [5.74, 6) is -4.19. The van der Waals surface area contributed by atoms with Crippen molar-refractivity contribution in [1.82, 2.24) is 29.9 Å². The van der Waals surface area contributed by atoms with Crippen LogP contribution in [0.5, 0.6) is 0 Å². The van der Waals surface area contributed by atoms with Gasteiger partial charge in [0.1, 0.15) is 63.0 Å². The van der Waals surface area contributed by atoms with Gasteiger partial charge in [0.05, 0.1) is 67.4 Å². The molecule has 0 aliphatic carbocycles. The fraction of sp³-hybridized carbons (Fsp3) is 0.500. The molecule has 0 amide bonds. The van der Waals surface area contributed by atoms with E-state index < -0.39 is 168 Å². The van der Waals surface area contributed by atoms with Crippen LogP contribution in [-0.2, 0) is 40.5 Å². The quantitative estimate of drug-likeness (QED) is 0.0131. The van der Waals surface area contributed by atoms with Gasteiger partial charge in [0.25, 0.3) is 0 Å². The van der Waals surface area contributed by atoms with Crippen molar-refractivity contribution in [3.8, 4) is 0 Å². The van der Waals surface area contributed by atoms with E-state index in [4.69, 9.17) is 5.11 Å². The number of likely N-dealkylation sites (N-methyl/N-ethyl adjacent to an activating group) is 2. The second-order valence-electron chi connectivity index (χ2n) is 17.2. The molecule has 0 spiro atoms. The Balaban J connectivity index is 0.0000164. The SMILES string of the molecule is CN(CCS(=O)(=O)[O-])c1nc(Nc2ccc(C=Cc3ccc(Nc4nc(N(C)CCS(=O)(=O)[O-])nc(N(C)C(CO)C(O)C(O)C(O)CO)n4)cc3S(=O)(=O)[O-])c(S(=O)(=O)[O-])c2)nc(N(C)CC(O)C(O)C(O)C(O)CO)n1.[Na+].[Na+].[Na+].[Na+]. The minimum Gasteiger partial charge on any atom is -0.748 e. The molecule has 2 aromatic heterocycles. The fourth-order valence-corrected chi connectivity index (χ4v) is 9.15. The number of hydrogen-bond donors (Lipinski definition) is 12. The number of nitrogens with zero attached hydrogens (tertiary/aromatic N) is 10. The number of aliphatic hydroxyl groups is 10. The Kier molecular flexibility index (Phi) is 34.0. The Morgan fingerprint density at radius 1 is 0.488 bits per heavy atom. The molecule has 0 aliphatic rings. The van der Waals surface area contributed by atoms with E-state index in [0.717, 1.165) is 56.0 Å². The van der Waals surface area contributed by atoms with Crippen LogP contribution in [0.25, 0.3) is 12.2 Å². The third kappa shape index (κ3) is 24.1. The zero-order valence-electron chi connectivity index (χ0n) is 45.4. The summed E-state index contributed by atoms with van der Waals surface area (Å²) in [5.41, 5.74) is -1.16. The molecule has 0 bridgehead atoms. The molecule has 12 N–H and O–H groups in total. The monoisotopic (exact) mass is 1280 g/mol. The number of nitrogens with one attached hydrogen (secondary N) is 2. The van der Waals surface area contributed by atoms with E-state index in [0.29, 0.717) is 0 Å². The summed E-state index contributed by atoms with van der Waals surface area (Å²) >= 11 is 0. The molecule has 4 aromatic rings. The van der Waals surface area contributed by atoms with Gasteiger partial charge in [0.15, 0.2) is 0 Å². The summed E-state index contributed by atoms with van der Waals surface area (Å²) in [6, 6.07) is 4.60. The Bertz CT molecular complexity index is 3210. The third-order valence-corrected chi connectivity index (χ3v) is 14.4. The van der Waals surface area contributed by atoms with Crippen LogP contribution in [0.3, 0.4) is 0 Å². The predicted molar refractivity (Wildman–Crippen MR) is 268 cm³/mol. The van der Waals surface area contributed by atoms with E-state index in [1.165, 1.54) is 40.3 Å². The molecule has 0 saturated carbocycles. The van der Waals surface area contributed by atoms with Crippen LogP contribution < -0.4 is 148 Å². The first-order valence-corrected chi connectivity index (χ1v) is 28.3. The fourth-order valence-electron chi connectivity index (χ4n) is 6.76. The second kappa shape index (κ2) is 34.7. The molecular formula is C40H56N12Na4O22S4. The van der Waals surface area contributed by atoms with Gasteiger partial charge in [-0.05, 0) is 35.4 Å². The predicted octanol–water partition coefficient (Wildman–Crippen LogP) is -18.8. The third-order valence-electron chi connectivity index (χ3n) is 11.2. The molecule has 8 unspecified atom stereocenters. The number of aliphatic hydroxyl groups excluding tert-OH is 10. The van der Waals surface area contributed by atoms with Crippen LogP contribution in [0.4, 0.5) is 47.1 Å². The molecule has 4 rings (SSSR count). The van der Waals surface area contributed by atoms with Crippen molar-refractivity contribution in [1.29, 1.82) is 0 Å². The van der Waals surface area contributed by atoms with Crippen molar-refractivity contribution >= 4 is 99.7 Å². The van der Waals surface area contributed by atoms with Crippen molar-refractivity contribution in [3.63, 3.8) is 0 Å². The van der Waals surface area contributed by atoms with E-state index >= 15 is 0 Å². The van der Waals surface area contributed by atoms with Crippen LogP contribution in [0.15, 0.2) is 46.2 Å². The first-order valence-electron chi connectivity index (χ1n) is 22.3. The van der Waals surface area contributed by atoms with Gasteiger partial charge in [-0.15, -0.1) is 0 Å². The normalized spacial score (nSPS) is 14.9. The van der Waals surface area contributed by atoms with Gasteiger partial charge in [0, 0.05) is 59.2 Å². The number of anilines is 8. The van der Waals surface area contributed by atoms with Crippen molar-refractivity contribution in [2.75, 3.05) is 109 Å². The largest absolute Gasteiger partial charge is 1.00 e. The van der Waals surface area contributed by atoms with Crippen LogP contribution in [-0.4, -0.2) is 261 Å². The molecular weight excluding hydrogens is 1220 g/mol. The standard InChI is InChI=1S/C40H60N12O22S4.4Na/c1-49(11-13-75(63,64)65)37-43-35(45-39(47-37)51(3)17-26(56)32(60)34(62)28(58)20-55)41-23-9-7-21(29(15-23)77(69,70)71)5-6-22-8-10-24(16-30(22)78(72,73)74)42-36-44-38(50(2)12-14-76(66,67)68)48-40(46-36)52(4)25(18-53)31(59)33(61)27(57)19-54;;;;/h5-10,15-16,25-28,31-34,53-62H,11-14,17-20H2,1-4H3,(H,63,64,65)(H,66,67,68)(H,69,70,71)(H,72,73,74)(H,41,43,45,47)(H,42,44,46,48);;;;/q;4*+1/p-4. The topological polar surface area (TPSA) is 545 Å². The van der Waals surface area contributed by atoms with Gasteiger partial charge in [0.2, 0.25) is 35.7 Å². The molecule has 34 nitrogen and oxygen atoms in total. The van der Waals surface area contributed by atoms with E-state index in [1.807, 2.05) is 0 Å². The maximum Gasteiger partial charge on any atom is 1.00 e. The van der Waals surface area contributed by atoms with Gasteiger partial charge >= 0.3 is 118 Å². The van der Waals surface area contributed by atoms with Gasteiger partial charge in [-0.25, -0.2) is 33.7 Å². The molecule has 0 aliphatic heterocycles. The molecule has 42 heteroatoms. The smallest absolute Gasteiger partial charge is 0.748 e. The summed E-state index contributed by atoms with van der Waals surface area (Å²) in [7, 11) is -15.3. The van der Waals surface area contributed by atoms with Gasteiger partial charge < -0.3 is 99.5 Å². The first-order chi connectivity index (χ1) is 36.1. The average Bonchev–Trinajstić information content (AvgIpc) is 3.36. The number of hydrogen-bond acceptors (Lipinski definition) is 34. The molecule has 0 radical (unpaired) electrons. The molecule has 8 atom stereocenters. The first kappa shape index (κ1) is 80.2. The molecule has 0 fully saturated rings. The Morgan fingerprint density at radius 3 is 1.18 bits per heavy atom. The van der Waals surface area contributed by atoms with Crippen LogP contribution in [0.1, 0.15) is 11.1 Å². The summed E-state index contributed by atoms with van der Waals surface area (Å²) in [4.78, 5) is 27.4. The van der Waals surface area contributed by atoms with E-state index in [-0.39, 0.29) is 159 Å². The average molecular weight is 1280 g/mol. The van der Waals surface area contributed by atoms with Crippen molar-refractivity contribution < 1.29 is 221 Å². The number of aromatic nitrogens is 6. The zero-order chi connectivity index (χ0) is 58.8. The van der Waals surface area contributed by atoms with E-state index in [2.05, 4.69) is 40.5 Å². The second-order valence-corrected chi connectivity index (χ2v) is 22.9. The van der Waals surface area contributed by atoms with E-state index in [9.17, 15) is 97.8 Å². The maximum atomic E-state index is 12.7. The van der Waals surface area contributed by atoms with Gasteiger partial charge in [-0.2, -0.15) is 29.9 Å². The molecule has 436 valence electrons. The Morgan fingerprint density at radius 2 is 0.829 bits per heavy atom. The van der Waals surface area contributed by atoms with Crippen LogP contribution in [0.2, 0.25) is 0 Å². The van der Waals surface area contributed by atoms with Crippen molar-refractivity contribution in [2.45, 2.75) is 58.6 Å². The van der Waals surface area contributed by atoms with Crippen LogP contribution in [0, 0.1) is 0 Å². The summed E-state index contributed by atoms with van der Waals surface area (Å²) in [6.45, 7) is -4.41. The Labute approximate surface area is 560 Å². The van der Waals surface area contributed by atoms with Crippen LogP contribution >= 0.6 is 0 Å². The maximum absolute atomic E-state index is 12.7.